The molecule has 0 N–H and O–H groups in total. The van der Waals surface area contributed by atoms with Crippen molar-refractivity contribution in [1.29, 1.82) is 0 Å². The zero-order valence-electron chi connectivity index (χ0n) is 10.8. The molecule has 0 spiro atoms. The molecule has 0 heterocycles. The van der Waals surface area contributed by atoms with Crippen LogP contribution in [-0.4, -0.2) is 11.7 Å². The fraction of sp³-hybridized carbons (Fsp3) is 0.188. The molecule has 0 aliphatic heterocycles. The van der Waals surface area contributed by atoms with Crippen LogP contribution in [0.25, 0.3) is 0 Å². The lowest BCUT2D eigenvalue weighted by molar-refractivity contribution is -0.00460. The Balaban J connectivity index is 2.29. The van der Waals surface area contributed by atoms with Gasteiger partial charge in [0, 0.05) is 10.6 Å². The third kappa shape index (κ3) is 2.88. The number of Topliss-reactive ketones (excluding diaryl/α,β-unsaturated/α-hetero) is 1. The number of halogens is 3. The number of carbonyl (C=O) groups excluding carboxylic acids is 1. The van der Waals surface area contributed by atoms with Gasteiger partial charge in [0.2, 0.25) is 5.78 Å². The third-order valence-corrected chi connectivity index (χ3v) is 3.50. The second-order valence-corrected chi connectivity index (χ2v) is 5.03. The highest BCUT2D eigenvalue weighted by atomic mass is 35.5. The molecule has 1 nitrogen and oxygen atoms in total. The van der Waals surface area contributed by atoms with Gasteiger partial charge in [-0.1, -0.05) is 61.0 Å². The zero-order chi connectivity index (χ0) is 14.8. The van der Waals surface area contributed by atoms with Gasteiger partial charge in [-0.05, 0) is 17.7 Å². The second-order valence-electron chi connectivity index (χ2n) is 4.59. The number of alkyl halides is 2. The maximum atomic E-state index is 14.3. The number of carbonyl (C=O) groups is 1. The van der Waals surface area contributed by atoms with Crippen molar-refractivity contribution in [2.75, 3.05) is 0 Å². The van der Waals surface area contributed by atoms with Gasteiger partial charge in [0.05, 0.1) is 5.92 Å². The Morgan fingerprint density at radius 3 is 2.15 bits per heavy atom. The first-order valence-electron chi connectivity index (χ1n) is 6.16. The summed E-state index contributed by atoms with van der Waals surface area (Å²) in [7, 11) is 0. The van der Waals surface area contributed by atoms with Crippen LogP contribution >= 0.6 is 11.6 Å². The van der Waals surface area contributed by atoms with E-state index < -0.39 is 17.6 Å². The first-order valence-corrected chi connectivity index (χ1v) is 6.54. The van der Waals surface area contributed by atoms with Crippen molar-refractivity contribution >= 4 is 17.4 Å². The van der Waals surface area contributed by atoms with E-state index in [9.17, 15) is 13.6 Å². The number of rotatable bonds is 4. The van der Waals surface area contributed by atoms with Crippen LogP contribution < -0.4 is 0 Å². The molecule has 0 saturated carbocycles. The Hall–Kier alpha value is -1.74. The Bertz CT molecular complexity index is 594. The van der Waals surface area contributed by atoms with Gasteiger partial charge in [-0.2, -0.15) is 8.78 Å². The number of hydrogen-bond donors (Lipinski definition) is 0. The molecule has 0 aromatic heterocycles. The molecule has 4 heteroatoms. The minimum Gasteiger partial charge on any atom is -0.287 e. The van der Waals surface area contributed by atoms with E-state index in [1.54, 1.807) is 18.2 Å². The second kappa shape index (κ2) is 5.71. The lowest BCUT2D eigenvalue weighted by Crippen LogP contribution is -2.34. The average molecular weight is 295 g/mol. The number of ketones is 1. The van der Waals surface area contributed by atoms with E-state index in [0.29, 0.717) is 10.6 Å². The zero-order valence-corrected chi connectivity index (χ0v) is 11.6. The highest BCUT2D eigenvalue weighted by Gasteiger charge is 2.45. The van der Waals surface area contributed by atoms with E-state index in [-0.39, 0.29) is 5.56 Å². The van der Waals surface area contributed by atoms with E-state index in [1.165, 1.54) is 43.3 Å². The van der Waals surface area contributed by atoms with Gasteiger partial charge in [-0.25, -0.2) is 0 Å². The van der Waals surface area contributed by atoms with Crippen LogP contribution in [0, 0.1) is 0 Å². The molecule has 0 radical (unpaired) electrons. The van der Waals surface area contributed by atoms with Gasteiger partial charge >= 0.3 is 5.92 Å². The first-order chi connectivity index (χ1) is 9.43. The molecule has 1 atom stereocenters. The van der Waals surface area contributed by atoms with Crippen LogP contribution in [0.2, 0.25) is 5.02 Å². The summed E-state index contributed by atoms with van der Waals surface area (Å²) in [6, 6.07) is 13.7. The summed E-state index contributed by atoms with van der Waals surface area (Å²) in [6.07, 6.45) is 0. The van der Waals surface area contributed by atoms with Gasteiger partial charge in [0.15, 0.2) is 0 Å². The molecule has 2 rings (SSSR count). The smallest absolute Gasteiger partial charge is 0.287 e. The van der Waals surface area contributed by atoms with Crippen molar-refractivity contribution in [2.24, 2.45) is 0 Å². The summed E-state index contributed by atoms with van der Waals surface area (Å²) in [6.45, 7) is 1.34. The van der Waals surface area contributed by atoms with Gasteiger partial charge in [0.25, 0.3) is 0 Å². The van der Waals surface area contributed by atoms with Crippen molar-refractivity contribution < 1.29 is 13.6 Å². The van der Waals surface area contributed by atoms with E-state index in [1.807, 2.05) is 0 Å². The molecule has 2 aromatic rings. The van der Waals surface area contributed by atoms with E-state index in [2.05, 4.69) is 0 Å². The van der Waals surface area contributed by atoms with Crippen LogP contribution in [0.15, 0.2) is 54.6 Å². The molecule has 0 saturated heterocycles. The quantitative estimate of drug-likeness (QED) is 0.728. The highest BCUT2D eigenvalue weighted by molar-refractivity contribution is 6.30. The summed E-state index contributed by atoms with van der Waals surface area (Å²) in [5.41, 5.74) is 0.391. The SMILES string of the molecule is CC(c1ccc(Cl)cc1)C(F)(F)C(=O)c1ccccc1. The average Bonchev–Trinajstić information content (AvgIpc) is 2.47. The monoisotopic (exact) mass is 294 g/mol. The molecular formula is C16H13ClF2O. The molecule has 0 fully saturated rings. The summed E-state index contributed by atoms with van der Waals surface area (Å²) in [5.74, 6) is -5.84. The molecule has 20 heavy (non-hydrogen) atoms. The Kier molecular flexibility index (Phi) is 4.19. The Labute approximate surface area is 121 Å². The molecule has 0 aliphatic rings. The van der Waals surface area contributed by atoms with Crippen molar-refractivity contribution in [3.8, 4) is 0 Å². The summed E-state index contributed by atoms with van der Waals surface area (Å²) in [5, 5.41) is 0.471. The van der Waals surface area contributed by atoms with Crippen LogP contribution in [-0.2, 0) is 0 Å². The number of hydrogen-bond acceptors (Lipinski definition) is 1. The fourth-order valence-corrected chi connectivity index (χ4v) is 2.07. The normalized spacial score (nSPS) is 13.0. The standard InChI is InChI=1S/C16H13ClF2O/c1-11(12-7-9-14(17)10-8-12)16(18,19)15(20)13-5-3-2-4-6-13/h2-11H,1H3. The third-order valence-electron chi connectivity index (χ3n) is 3.25. The predicted molar refractivity (Wildman–Crippen MR) is 75.6 cm³/mol. The molecule has 0 aliphatic carbocycles. The van der Waals surface area contributed by atoms with Crippen LogP contribution in [0.4, 0.5) is 8.78 Å². The van der Waals surface area contributed by atoms with Gasteiger partial charge < -0.3 is 0 Å². The molecule has 0 amide bonds. The minimum atomic E-state index is -3.46. The van der Waals surface area contributed by atoms with Gasteiger partial charge in [-0.3, -0.25) is 4.79 Å². The summed E-state index contributed by atoms with van der Waals surface area (Å²) in [4.78, 5) is 12.0. The summed E-state index contributed by atoms with van der Waals surface area (Å²) < 4.78 is 28.6. The Morgan fingerprint density at radius 2 is 1.60 bits per heavy atom. The van der Waals surface area contributed by atoms with Crippen molar-refractivity contribution in [2.45, 2.75) is 18.8 Å². The first kappa shape index (κ1) is 14.7. The van der Waals surface area contributed by atoms with E-state index in [0.717, 1.165) is 0 Å². The molecule has 1 unspecified atom stereocenters. The highest BCUT2D eigenvalue weighted by Crippen LogP contribution is 2.36. The van der Waals surface area contributed by atoms with Crippen LogP contribution in [0.3, 0.4) is 0 Å². The van der Waals surface area contributed by atoms with Crippen molar-refractivity contribution in [1.82, 2.24) is 0 Å². The molecule has 104 valence electrons. The molecular weight excluding hydrogens is 282 g/mol. The van der Waals surface area contributed by atoms with Crippen molar-refractivity contribution in [3.05, 3.63) is 70.7 Å². The van der Waals surface area contributed by atoms with Crippen LogP contribution in [0.1, 0.15) is 28.8 Å². The van der Waals surface area contributed by atoms with E-state index >= 15 is 0 Å². The topological polar surface area (TPSA) is 17.1 Å². The lowest BCUT2D eigenvalue weighted by atomic mass is 9.89. The lowest BCUT2D eigenvalue weighted by Gasteiger charge is -2.22. The largest absolute Gasteiger partial charge is 0.316 e. The maximum Gasteiger partial charge on any atom is 0.316 e. The fourth-order valence-electron chi connectivity index (χ4n) is 1.94. The predicted octanol–water partition coefficient (Wildman–Crippen LogP) is 4.96. The Morgan fingerprint density at radius 1 is 1.05 bits per heavy atom. The maximum absolute atomic E-state index is 14.3. The summed E-state index contributed by atoms with van der Waals surface area (Å²) >= 11 is 5.73. The number of benzene rings is 2. The minimum absolute atomic E-state index is 0.0123. The molecule has 2 aromatic carbocycles. The van der Waals surface area contributed by atoms with Gasteiger partial charge in [-0.15, -0.1) is 0 Å². The van der Waals surface area contributed by atoms with E-state index in [4.69, 9.17) is 11.6 Å². The van der Waals surface area contributed by atoms with Gasteiger partial charge in [0.1, 0.15) is 0 Å². The van der Waals surface area contributed by atoms with Crippen molar-refractivity contribution in [3.63, 3.8) is 0 Å². The molecule has 0 bridgehead atoms. The van der Waals surface area contributed by atoms with Crippen LogP contribution in [0.5, 0.6) is 0 Å².